The van der Waals surface area contributed by atoms with Crippen molar-refractivity contribution in [2.24, 2.45) is 9.81 Å². The number of benzene rings is 2. The number of amidine groups is 1. The van der Waals surface area contributed by atoms with Gasteiger partial charge in [-0.1, -0.05) is 55.3 Å². The first-order valence-corrected chi connectivity index (χ1v) is 11.9. The van der Waals surface area contributed by atoms with Crippen molar-refractivity contribution >= 4 is 27.5 Å². The van der Waals surface area contributed by atoms with Crippen molar-refractivity contribution in [1.82, 2.24) is 5.32 Å². The van der Waals surface area contributed by atoms with E-state index in [4.69, 9.17) is 0 Å². The van der Waals surface area contributed by atoms with Crippen molar-refractivity contribution in [1.29, 1.82) is 0 Å². The van der Waals surface area contributed by atoms with Crippen molar-refractivity contribution in [3.63, 3.8) is 0 Å². The molecule has 0 saturated heterocycles. The predicted molar refractivity (Wildman–Crippen MR) is 118 cm³/mol. The molecule has 30 heavy (non-hydrogen) atoms. The van der Waals surface area contributed by atoms with Crippen LogP contribution in [0.2, 0.25) is 0 Å². The van der Waals surface area contributed by atoms with Crippen LogP contribution in [0.5, 0.6) is 0 Å². The van der Waals surface area contributed by atoms with Gasteiger partial charge in [0, 0.05) is 12.8 Å². The van der Waals surface area contributed by atoms with Gasteiger partial charge in [0.25, 0.3) is 10.0 Å². The maximum atomic E-state index is 12.9. The normalized spacial score (nSPS) is 19.8. The van der Waals surface area contributed by atoms with Gasteiger partial charge in [0.1, 0.15) is 10.7 Å². The number of anilines is 1. The minimum Gasteiger partial charge on any atom is -0.350 e. The highest BCUT2D eigenvalue weighted by molar-refractivity contribution is 7.90. The molecule has 0 radical (unpaired) electrons. The van der Waals surface area contributed by atoms with Crippen LogP contribution in [-0.4, -0.2) is 20.2 Å². The Labute approximate surface area is 177 Å². The summed E-state index contributed by atoms with van der Waals surface area (Å²) in [5, 5.41) is 6.28. The second-order valence-corrected chi connectivity index (χ2v) is 9.97. The summed E-state index contributed by atoms with van der Waals surface area (Å²) in [5.41, 5.74) is 1.35. The van der Waals surface area contributed by atoms with E-state index in [0.717, 1.165) is 31.2 Å². The van der Waals surface area contributed by atoms with Gasteiger partial charge in [0.15, 0.2) is 0 Å². The molecule has 2 aliphatic rings. The first-order chi connectivity index (χ1) is 14.4. The fourth-order valence-corrected chi connectivity index (χ4v) is 5.74. The largest absolute Gasteiger partial charge is 0.350 e. The smallest absolute Gasteiger partial charge is 0.286 e. The topological polar surface area (TPSA) is 87.6 Å². The third-order valence-electron chi connectivity index (χ3n) is 6.09. The number of nitrogens with one attached hydrogen (secondary N) is 2. The predicted octanol–water partition coefficient (Wildman–Crippen LogP) is 4.42. The summed E-state index contributed by atoms with van der Waals surface area (Å²) < 4.78 is 29.2. The van der Waals surface area contributed by atoms with E-state index < -0.39 is 10.0 Å². The number of hydrogen-bond acceptors (Lipinski definition) is 4. The summed E-state index contributed by atoms with van der Waals surface area (Å²) >= 11 is 0. The molecular formula is C23H27N3O3S. The molecule has 0 spiro atoms. The highest BCUT2D eigenvalue weighted by Crippen LogP contribution is 2.45. The molecule has 6 nitrogen and oxygen atoms in total. The number of carbonyl (C=O) groups is 1. The lowest BCUT2D eigenvalue weighted by atomic mass is 9.78. The molecule has 0 aromatic heterocycles. The second kappa shape index (κ2) is 8.22. The summed E-state index contributed by atoms with van der Waals surface area (Å²) in [6, 6.07) is 16.6. The van der Waals surface area contributed by atoms with Crippen LogP contribution in [-0.2, 0) is 14.8 Å². The highest BCUT2D eigenvalue weighted by atomic mass is 32.2. The summed E-state index contributed by atoms with van der Waals surface area (Å²) in [4.78, 5) is 13.1. The summed E-state index contributed by atoms with van der Waals surface area (Å²) in [6.07, 6.45) is 4.68. The molecule has 2 aromatic carbocycles. The number of carbonyl (C=O) groups excluding carboxylic acids is 1. The number of fused-ring (bicyclic) bond motifs is 1. The second-order valence-electron chi connectivity index (χ2n) is 8.39. The van der Waals surface area contributed by atoms with Gasteiger partial charge in [-0.25, -0.2) is 0 Å². The van der Waals surface area contributed by atoms with Gasteiger partial charge in [-0.05, 0) is 42.9 Å². The highest BCUT2D eigenvalue weighted by Gasteiger charge is 2.39. The van der Waals surface area contributed by atoms with Crippen molar-refractivity contribution in [2.45, 2.75) is 56.4 Å². The molecule has 1 atom stereocenters. The molecule has 1 amide bonds. The first-order valence-electron chi connectivity index (χ1n) is 10.4. The van der Waals surface area contributed by atoms with E-state index in [1.54, 1.807) is 24.3 Å². The van der Waals surface area contributed by atoms with Crippen LogP contribution < -0.4 is 10.6 Å². The molecule has 2 N–H and O–H groups in total. The van der Waals surface area contributed by atoms with Gasteiger partial charge in [0.2, 0.25) is 5.91 Å². The van der Waals surface area contributed by atoms with Crippen molar-refractivity contribution in [3.05, 3.63) is 60.2 Å². The van der Waals surface area contributed by atoms with E-state index >= 15 is 0 Å². The average molecular weight is 426 g/mol. The van der Waals surface area contributed by atoms with E-state index in [1.807, 2.05) is 37.3 Å². The molecule has 0 unspecified atom stereocenters. The standard InChI is InChI=1S/C23H27N3O3S/c1-17(18-9-3-2-4-10-18)24-22(27)16-23(13-7-8-14-23)15-21-25-19-11-5-6-12-20(19)30(28,29)26-21/h2-6,9-12,17H,7-8,13-16H2,1H3,(H,24,27)(H,25,26)/t17-/m1/s1. The van der Waals surface area contributed by atoms with Gasteiger partial charge in [-0.2, -0.15) is 8.42 Å². The Morgan fingerprint density at radius 3 is 2.50 bits per heavy atom. The lowest BCUT2D eigenvalue weighted by Crippen LogP contribution is -2.35. The van der Waals surface area contributed by atoms with E-state index in [1.165, 1.54) is 0 Å². The Hall–Kier alpha value is -2.67. The molecule has 1 heterocycles. The third-order valence-corrected chi connectivity index (χ3v) is 7.47. The first kappa shape index (κ1) is 20.6. The van der Waals surface area contributed by atoms with Crippen LogP contribution in [0.1, 0.15) is 57.1 Å². The van der Waals surface area contributed by atoms with Crippen molar-refractivity contribution < 1.29 is 13.2 Å². The maximum absolute atomic E-state index is 12.9. The third kappa shape index (κ3) is 4.41. The molecule has 1 saturated carbocycles. The number of rotatable bonds is 6. The molecule has 158 valence electrons. The fourth-order valence-electron chi connectivity index (χ4n) is 4.60. The van der Waals surface area contributed by atoms with E-state index in [9.17, 15) is 13.2 Å². The zero-order valence-corrected chi connectivity index (χ0v) is 17.9. The van der Waals surface area contributed by atoms with Gasteiger partial charge in [0.05, 0.1) is 11.7 Å². The Balaban J connectivity index is 1.49. The van der Waals surface area contributed by atoms with Crippen LogP contribution in [0.3, 0.4) is 0 Å². The number of nitrogens with zero attached hydrogens (tertiary/aromatic N) is 1. The minimum atomic E-state index is -3.72. The lowest BCUT2D eigenvalue weighted by molar-refractivity contribution is -0.124. The van der Waals surface area contributed by atoms with Crippen LogP contribution in [0.4, 0.5) is 5.69 Å². The molecule has 2 aromatic rings. The van der Waals surface area contributed by atoms with Gasteiger partial charge >= 0.3 is 0 Å². The molecule has 1 aliphatic carbocycles. The number of amides is 1. The average Bonchev–Trinajstić information content (AvgIpc) is 3.15. The van der Waals surface area contributed by atoms with E-state index in [2.05, 4.69) is 15.0 Å². The van der Waals surface area contributed by atoms with Gasteiger partial charge in [-0.15, -0.1) is 4.40 Å². The zero-order valence-electron chi connectivity index (χ0n) is 17.1. The number of sulfonamides is 1. The van der Waals surface area contributed by atoms with Crippen molar-refractivity contribution in [3.8, 4) is 0 Å². The monoisotopic (exact) mass is 425 g/mol. The Kier molecular flexibility index (Phi) is 5.64. The van der Waals surface area contributed by atoms with E-state index in [0.29, 0.717) is 24.4 Å². The van der Waals surface area contributed by atoms with E-state index in [-0.39, 0.29) is 22.3 Å². The van der Waals surface area contributed by atoms with Crippen LogP contribution >= 0.6 is 0 Å². The van der Waals surface area contributed by atoms with Gasteiger partial charge in [-0.3, -0.25) is 4.79 Å². The molecule has 4 rings (SSSR count). The van der Waals surface area contributed by atoms with Crippen LogP contribution in [0.25, 0.3) is 0 Å². The summed E-state index contributed by atoms with van der Waals surface area (Å²) in [7, 11) is -3.72. The SMILES string of the molecule is C[C@@H](NC(=O)CC1(CC2=NS(=O)(=O)c3ccccc3N2)CCCC1)c1ccccc1. The van der Waals surface area contributed by atoms with Gasteiger partial charge < -0.3 is 10.6 Å². The minimum absolute atomic E-state index is 0.00656. The Morgan fingerprint density at radius 1 is 1.10 bits per heavy atom. The molecule has 0 bridgehead atoms. The Morgan fingerprint density at radius 2 is 1.77 bits per heavy atom. The quantitative estimate of drug-likeness (QED) is 0.717. The fraction of sp³-hybridized carbons (Fsp3) is 0.391. The van der Waals surface area contributed by atoms with Crippen LogP contribution in [0, 0.1) is 5.41 Å². The molecule has 7 heteroatoms. The van der Waals surface area contributed by atoms with Crippen LogP contribution in [0.15, 0.2) is 63.9 Å². The number of para-hydroxylation sites is 1. The summed E-state index contributed by atoms with van der Waals surface area (Å²) in [5.74, 6) is 0.424. The lowest BCUT2D eigenvalue weighted by Gasteiger charge is -2.31. The molecule has 1 aliphatic heterocycles. The molecule has 1 fully saturated rings. The summed E-state index contributed by atoms with van der Waals surface area (Å²) in [6.45, 7) is 1.98. The maximum Gasteiger partial charge on any atom is 0.286 e. The number of hydrogen-bond donors (Lipinski definition) is 2. The molecular weight excluding hydrogens is 398 g/mol. The Bertz CT molecular complexity index is 1060. The van der Waals surface area contributed by atoms with Crippen molar-refractivity contribution in [2.75, 3.05) is 5.32 Å². The zero-order chi connectivity index (χ0) is 21.2.